The molecule has 0 aromatic heterocycles. The Morgan fingerprint density at radius 2 is 2.00 bits per heavy atom. The second-order valence-corrected chi connectivity index (χ2v) is 8.22. The Hall–Kier alpha value is -3.54. The number of hydrogen-bond acceptors (Lipinski definition) is 5. The zero-order chi connectivity index (χ0) is 23.3. The number of hydrogen-bond donors (Lipinski definition) is 2. The molecule has 1 heterocycles. The topological polar surface area (TPSA) is 84.9 Å². The number of amides is 1. The van der Waals surface area contributed by atoms with E-state index in [1.165, 1.54) is 12.1 Å². The van der Waals surface area contributed by atoms with E-state index in [9.17, 15) is 14.7 Å². The van der Waals surface area contributed by atoms with Crippen LogP contribution in [-0.2, 0) is 4.79 Å². The number of fused-ring (bicyclic) bond motifs is 1. The molecule has 0 bridgehead atoms. The van der Waals surface area contributed by atoms with Gasteiger partial charge in [0.1, 0.15) is 22.8 Å². The van der Waals surface area contributed by atoms with Crippen molar-refractivity contribution in [1.29, 1.82) is 0 Å². The molecule has 3 rings (SSSR count). The second-order valence-electron chi connectivity index (χ2n) is 8.22. The number of methoxy groups -OCH3 is 1. The maximum Gasteiger partial charge on any atom is 0.224 e. The fourth-order valence-corrected chi connectivity index (χ4v) is 3.37. The summed E-state index contributed by atoms with van der Waals surface area (Å²) in [4.78, 5) is 25.0. The molecule has 0 saturated heterocycles. The fraction of sp³-hybridized carbons (Fsp3) is 0.308. The molecule has 2 aromatic carbocycles. The Morgan fingerprint density at radius 1 is 1.22 bits per heavy atom. The summed E-state index contributed by atoms with van der Waals surface area (Å²) in [7, 11) is 1.58. The lowest BCUT2D eigenvalue weighted by molar-refractivity contribution is -0.116. The van der Waals surface area contributed by atoms with E-state index in [0.717, 1.165) is 18.4 Å². The fourth-order valence-electron chi connectivity index (χ4n) is 3.37. The van der Waals surface area contributed by atoms with Gasteiger partial charge in [-0.05, 0) is 68.3 Å². The number of nitrogens with one attached hydrogen (secondary N) is 1. The molecule has 0 saturated carbocycles. The van der Waals surface area contributed by atoms with E-state index >= 15 is 0 Å². The standard InChI is InChI=1S/C26H29NO5/c1-5-6-7-24(30)27-20-16-17(9-12-22(20)29)8-11-21(28)18-10-13-23(31-4)19-14-15-26(2,3)32-25(18)19/h8-16,29H,5-7H2,1-4H3,(H,27,30)/b11-8+. The van der Waals surface area contributed by atoms with Crippen molar-refractivity contribution in [3.63, 3.8) is 0 Å². The van der Waals surface area contributed by atoms with Crippen LogP contribution < -0.4 is 14.8 Å². The summed E-state index contributed by atoms with van der Waals surface area (Å²) in [5.41, 5.74) is 1.61. The first kappa shape index (κ1) is 23.1. The van der Waals surface area contributed by atoms with Crippen LogP contribution in [0.1, 0.15) is 61.5 Å². The van der Waals surface area contributed by atoms with Crippen molar-refractivity contribution in [2.24, 2.45) is 0 Å². The molecule has 1 amide bonds. The Bertz CT molecular complexity index is 1080. The minimum absolute atomic E-state index is 0.0232. The van der Waals surface area contributed by atoms with Gasteiger partial charge < -0.3 is 19.9 Å². The molecule has 0 fully saturated rings. The van der Waals surface area contributed by atoms with Gasteiger partial charge in [0.2, 0.25) is 5.91 Å². The van der Waals surface area contributed by atoms with E-state index in [0.29, 0.717) is 34.7 Å². The summed E-state index contributed by atoms with van der Waals surface area (Å²) in [6, 6.07) is 8.24. The number of carbonyl (C=O) groups excluding carboxylic acids is 2. The van der Waals surface area contributed by atoms with Gasteiger partial charge in [0, 0.05) is 6.42 Å². The van der Waals surface area contributed by atoms with Crippen LogP contribution in [-0.4, -0.2) is 29.5 Å². The van der Waals surface area contributed by atoms with Crippen molar-refractivity contribution in [2.75, 3.05) is 12.4 Å². The van der Waals surface area contributed by atoms with Crippen molar-refractivity contribution in [3.05, 3.63) is 59.2 Å². The summed E-state index contributed by atoms with van der Waals surface area (Å²) >= 11 is 0. The SMILES string of the molecule is CCCCC(=O)Nc1cc(/C=C/C(=O)c2ccc(OC)c3c2OC(C)(C)C=C3)ccc1O. The van der Waals surface area contributed by atoms with Crippen molar-refractivity contribution < 1.29 is 24.2 Å². The highest BCUT2D eigenvalue weighted by atomic mass is 16.5. The number of phenols is 1. The highest BCUT2D eigenvalue weighted by Crippen LogP contribution is 2.40. The lowest BCUT2D eigenvalue weighted by atomic mass is 9.97. The third-order valence-electron chi connectivity index (χ3n) is 5.14. The van der Waals surface area contributed by atoms with Gasteiger partial charge in [0.05, 0.1) is 23.9 Å². The van der Waals surface area contributed by atoms with Crippen molar-refractivity contribution >= 4 is 29.5 Å². The first-order chi connectivity index (χ1) is 15.2. The van der Waals surface area contributed by atoms with E-state index in [4.69, 9.17) is 9.47 Å². The van der Waals surface area contributed by atoms with Gasteiger partial charge in [-0.25, -0.2) is 0 Å². The summed E-state index contributed by atoms with van der Waals surface area (Å²) in [5, 5.41) is 12.8. The van der Waals surface area contributed by atoms with Crippen LogP contribution in [0.25, 0.3) is 12.2 Å². The monoisotopic (exact) mass is 435 g/mol. The molecule has 32 heavy (non-hydrogen) atoms. The molecule has 0 spiro atoms. The van der Waals surface area contributed by atoms with Gasteiger partial charge in [-0.1, -0.05) is 25.5 Å². The van der Waals surface area contributed by atoms with Gasteiger partial charge >= 0.3 is 0 Å². The minimum Gasteiger partial charge on any atom is -0.506 e. The first-order valence-corrected chi connectivity index (χ1v) is 10.7. The number of rotatable bonds is 8. The number of phenolic OH excluding ortho intramolecular Hbond substituents is 1. The molecule has 0 radical (unpaired) electrons. The lowest BCUT2D eigenvalue weighted by Crippen LogP contribution is -2.28. The Balaban J connectivity index is 1.84. The number of ether oxygens (including phenoxy) is 2. The van der Waals surface area contributed by atoms with Gasteiger partial charge in [-0.2, -0.15) is 0 Å². The van der Waals surface area contributed by atoms with E-state index in [1.807, 2.05) is 32.9 Å². The molecule has 2 aromatic rings. The van der Waals surface area contributed by atoms with Crippen molar-refractivity contribution in [3.8, 4) is 17.2 Å². The second kappa shape index (κ2) is 9.73. The van der Waals surface area contributed by atoms with Gasteiger partial charge in [0.15, 0.2) is 5.78 Å². The first-order valence-electron chi connectivity index (χ1n) is 10.7. The van der Waals surface area contributed by atoms with Crippen LogP contribution in [0, 0.1) is 0 Å². The molecule has 2 N–H and O–H groups in total. The molecule has 0 aliphatic carbocycles. The number of unbranched alkanes of at least 4 members (excludes halogenated alkanes) is 1. The lowest BCUT2D eigenvalue weighted by Gasteiger charge is -2.29. The van der Waals surface area contributed by atoms with Crippen molar-refractivity contribution in [2.45, 2.75) is 45.6 Å². The van der Waals surface area contributed by atoms with E-state index in [2.05, 4.69) is 5.32 Å². The van der Waals surface area contributed by atoms with Crippen molar-refractivity contribution in [1.82, 2.24) is 0 Å². The van der Waals surface area contributed by atoms with Crippen LogP contribution in [0.15, 0.2) is 42.5 Å². The molecule has 1 aliphatic heterocycles. The number of aromatic hydroxyl groups is 1. The minimum atomic E-state index is -0.542. The van der Waals surface area contributed by atoms with E-state index < -0.39 is 5.60 Å². The number of allylic oxidation sites excluding steroid dienone is 1. The van der Waals surface area contributed by atoms with Crippen LogP contribution in [0.4, 0.5) is 5.69 Å². The average Bonchev–Trinajstić information content (AvgIpc) is 2.76. The Kier molecular flexibility index (Phi) is 7.03. The zero-order valence-electron chi connectivity index (χ0n) is 18.9. The van der Waals surface area contributed by atoms with Crippen LogP contribution in [0.2, 0.25) is 0 Å². The molecule has 6 nitrogen and oxygen atoms in total. The zero-order valence-corrected chi connectivity index (χ0v) is 18.9. The molecular formula is C26H29NO5. The van der Waals surface area contributed by atoms with Gasteiger partial charge in [0.25, 0.3) is 0 Å². The van der Waals surface area contributed by atoms with Crippen LogP contribution in [0.3, 0.4) is 0 Å². The highest BCUT2D eigenvalue weighted by molar-refractivity contribution is 6.09. The normalized spacial score (nSPS) is 14.0. The molecule has 0 unspecified atom stereocenters. The third-order valence-corrected chi connectivity index (χ3v) is 5.14. The smallest absolute Gasteiger partial charge is 0.224 e. The Morgan fingerprint density at radius 3 is 2.72 bits per heavy atom. The van der Waals surface area contributed by atoms with Crippen LogP contribution >= 0.6 is 0 Å². The summed E-state index contributed by atoms with van der Waals surface area (Å²) in [6.45, 7) is 5.85. The molecule has 0 atom stereocenters. The van der Waals surface area contributed by atoms with Gasteiger partial charge in [-0.15, -0.1) is 0 Å². The van der Waals surface area contributed by atoms with E-state index in [-0.39, 0.29) is 17.4 Å². The Labute approximate surface area is 188 Å². The maximum atomic E-state index is 13.0. The van der Waals surface area contributed by atoms with Crippen LogP contribution in [0.5, 0.6) is 17.2 Å². The molecule has 6 heteroatoms. The predicted molar refractivity (Wildman–Crippen MR) is 126 cm³/mol. The molecular weight excluding hydrogens is 406 g/mol. The number of ketones is 1. The quantitative estimate of drug-likeness (QED) is 0.320. The number of benzene rings is 2. The third kappa shape index (κ3) is 5.38. The summed E-state index contributed by atoms with van der Waals surface area (Å²) in [6.07, 6.45) is 9.01. The summed E-state index contributed by atoms with van der Waals surface area (Å²) in [5.74, 6) is 0.717. The predicted octanol–water partition coefficient (Wildman–Crippen LogP) is 5.61. The number of anilines is 1. The largest absolute Gasteiger partial charge is 0.506 e. The summed E-state index contributed by atoms with van der Waals surface area (Å²) < 4.78 is 11.5. The maximum absolute atomic E-state index is 13.0. The molecule has 168 valence electrons. The average molecular weight is 436 g/mol. The van der Waals surface area contributed by atoms with Gasteiger partial charge in [-0.3, -0.25) is 9.59 Å². The molecule has 1 aliphatic rings. The van der Waals surface area contributed by atoms with E-state index in [1.54, 1.807) is 37.5 Å². The highest BCUT2D eigenvalue weighted by Gasteiger charge is 2.27. The number of carbonyl (C=O) groups is 2.